The number of amides is 1. The molecule has 27 heavy (non-hydrogen) atoms. The van der Waals surface area contributed by atoms with Crippen molar-refractivity contribution in [3.8, 4) is 0 Å². The van der Waals surface area contributed by atoms with E-state index in [9.17, 15) is 4.79 Å². The number of benzene rings is 1. The molecule has 0 unspecified atom stereocenters. The zero-order valence-corrected chi connectivity index (χ0v) is 17.4. The lowest BCUT2D eigenvalue weighted by Gasteiger charge is -2.24. The zero-order valence-electron chi connectivity index (χ0n) is 16.6. The third kappa shape index (κ3) is 3.93. The van der Waals surface area contributed by atoms with E-state index >= 15 is 0 Å². The van der Waals surface area contributed by atoms with Crippen molar-refractivity contribution >= 4 is 17.0 Å². The zero-order chi connectivity index (χ0) is 19.7. The summed E-state index contributed by atoms with van der Waals surface area (Å²) in [4.78, 5) is 14.8. The number of aromatic nitrogens is 4. The molecule has 0 aliphatic rings. The second kappa shape index (κ2) is 7.60. The predicted octanol–water partition coefficient (Wildman–Crippen LogP) is 4.18. The van der Waals surface area contributed by atoms with Crippen LogP contribution in [0.2, 0.25) is 0 Å². The lowest BCUT2D eigenvalue weighted by Crippen LogP contribution is -2.25. The van der Waals surface area contributed by atoms with Crippen LogP contribution in [0.5, 0.6) is 0 Å². The molecule has 0 spiro atoms. The van der Waals surface area contributed by atoms with Crippen molar-refractivity contribution in [3.05, 3.63) is 64.7 Å². The largest absolute Gasteiger partial charge is 0.339 e. The first-order chi connectivity index (χ1) is 12.8. The van der Waals surface area contributed by atoms with E-state index in [4.69, 9.17) is 10.2 Å². The summed E-state index contributed by atoms with van der Waals surface area (Å²) in [6.07, 6.45) is -0.258. The lowest BCUT2D eigenvalue weighted by atomic mass is 10.1. The van der Waals surface area contributed by atoms with Gasteiger partial charge in [-0.05, 0) is 57.7 Å². The van der Waals surface area contributed by atoms with Crippen LogP contribution in [-0.2, 0) is 0 Å². The molecular formula is C20H25N5OS. The molecule has 0 fully saturated rings. The molecule has 0 radical (unpaired) electrons. The van der Waals surface area contributed by atoms with E-state index in [2.05, 4.69) is 12.1 Å². The Morgan fingerprint density at radius 1 is 0.963 bits per heavy atom. The van der Waals surface area contributed by atoms with Gasteiger partial charge in [-0.2, -0.15) is 10.2 Å². The van der Waals surface area contributed by atoms with Crippen LogP contribution in [0, 0.1) is 27.7 Å². The maximum absolute atomic E-state index is 12.3. The van der Waals surface area contributed by atoms with Gasteiger partial charge in [-0.25, -0.2) is 9.36 Å². The number of thioether (sulfide) groups is 1. The number of carbonyl (C=O) groups excluding carboxylic acids is 1. The Bertz CT molecular complexity index is 926. The van der Waals surface area contributed by atoms with Crippen LogP contribution in [0.15, 0.2) is 41.3 Å². The molecule has 1 amide bonds. The van der Waals surface area contributed by atoms with E-state index in [0.29, 0.717) is 0 Å². The maximum Gasteiger partial charge on any atom is 0.285 e. The monoisotopic (exact) mass is 383 g/mol. The highest BCUT2D eigenvalue weighted by Crippen LogP contribution is 2.33. The first-order valence-corrected chi connectivity index (χ1v) is 9.63. The van der Waals surface area contributed by atoms with Crippen molar-refractivity contribution in [1.29, 1.82) is 0 Å². The van der Waals surface area contributed by atoms with Gasteiger partial charge in [-0.1, -0.05) is 18.2 Å². The number of rotatable bonds is 4. The second-order valence-corrected chi connectivity index (χ2v) is 7.91. The number of aryl methyl sites for hydroxylation is 4. The molecule has 0 N–H and O–H groups in total. The highest BCUT2D eigenvalue weighted by atomic mass is 32.2. The number of hydrogen-bond donors (Lipinski definition) is 0. The van der Waals surface area contributed by atoms with Gasteiger partial charge in [-0.15, -0.1) is 0 Å². The Balaban J connectivity index is 2.19. The van der Waals surface area contributed by atoms with Gasteiger partial charge in [0.2, 0.25) is 0 Å². The summed E-state index contributed by atoms with van der Waals surface area (Å²) in [6.45, 7) is 8.05. The molecule has 3 rings (SSSR count). The summed E-state index contributed by atoms with van der Waals surface area (Å²) < 4.78 is 3.96. The van der Waals surface area contributed by atoms with Crippen molar-refractivity contribution in [2.24, 2.45) is 0 Å². The Labute approximate surface area is 164 Å². The number of nitrogens with zero attached hydrogens (tertiary/aromatic N) is 5. The Kier molecular flexibility index (Phi) is 5.41. The molecule has 3 aromatic rings. The molecule has 142 valence electrons. The van der Waals surface area contributed by atoms with Crippen molar-refractivity contribution in [2.45, 2.75) is 38.8 Å². The molecule has 0 aliphatic carbocycles. The van der Waals surface area contributed by atoms with Gasteiger partial charge < -0.3 is 4.90 Å². The smallest absolute Gasteiger partial charge is 0.285 e. The van der Waals surface area contributed by atoms with Crippen LogP contribution < -0.4 is 0 Å². The molecule has 2 aromatic heterocycles. The van der Waals surface area contributed by atoms with Gasteiger partial charge in [-0.3, -0.25) is 4.79 Å². The first kappa shape index (κ1) is 19.2. The average Bonchev–Trinajstić information content (AvgIpc) is 3.10. The Hall–Kier alpha value is -2.54. The van der Waals surface area contributed by atoms with Gasteiger partial charge in [0.1, 0.15) is 0 Å². The fourth-order valence-electron chi connectivity index (χ4n) is 3.13. The highest BCUT2D eigenvalue weighted by Gasteiger charge is 2.25. The van der Waals surface area contributed by atoms with Crippen molar-refractivity contribution in [1.82, 2.24) is 24.5 Å². The van der Waals surface area contributed by atoms with E-state index < -0.39 is 0 Å². The lowest BCUT2D eigenvalue weighted by molar-refractivity contribution is 0.241. The molecular weight excluding hydrogens is 358 g/mol. The van der Waals surface area contributed by atoms with Gasteiger partial charge in [0.05, 0.1) is 11.4 Å². The van der Waals surface area contributed by atoms with E-state index in [1.165, 1.54) is 11.8 Å². The molecule has 7 heteroatoms. The molecule has 0 aliphatic heterocycles. The van der Waals surface area contributed by atoms with Gasteiger partial charge in [0.15, 0.2) is 6.17 Å². The minimum absolute atomic E-state index is 0.0112. The fraction of sp³-hybridized carbons (Fsp3) is 0.350. The van der Waals surface area contributed by atoms with Gasteiger partial charge in [0.25, 0.3) is 5.24 Å². The minimum Gasteiger partial charge on any atom is -0.339 e. The van der Waals surface area contributed by atoms with E-state index in [1.54, 1.807) is 19.0 Å². The summed E-state index contributed by atoms with van der Waals surface area (Å²) in [6, 6.07) is 12.1. The highest BCUT2D eigenvalue weighted by molar-refractivity contribution is 8.13. The van der Waals surface area contributed by atoms with Gasteiger partial charge in [0, 0.05) is 35.9 Å². The molecule has 6 nitrogen and oxygen atoms in total. The van der Waals surface area contributed by atoms with E-state index in [0.717, 1.165) is 33.2 Å². The van der Waals surface area contributed by atoms with Crippen LogP contribution in [0.4, 0.5) is 4.79 Å². The Morgan fingerprint density at radius 2 is 1.48 bits per heavy atom. The Morgan fingerprint density at radius 3 is 1.93 bits per heavy atom. The summed E-state index contributed by atoms with van der Waals surface area (Å²) in [5.41, 5.74) is 4.99. The van der Waals surface area contributed by atoms with Crippen molar-refractivity contribution in [2.75, 3.05) is 14.1 Å². The molecule has 1 aromatic carbocycles. The van der Waals surface area contributed by atoms with Crippen LogP contribution >= 0.6 is 11.8 Å². The molecule has 0 saturated heterocycles. The van der Waals surface area contributed by atoms with Crippen molar-refractivity contribution in [3.63, 3.8) is 0 Å². The number of carbonyl (C=O) groups is 1. The van der Waals surface area contributed by atoms with Crippen LogP contribution in [0.3, 0.4) is 0 Å². The summed E-state index contributed by atoms with van der Waals surface area (Å²) in [5, 5.41) is 9.43. The first-order valence-electron chi connectivity index (χ1n) is 8.81. The second-order valence-electron chi connectivity index (χ2n) is 6.92. The maximum atomic E-state index is 12.3. The van der Waals surface area contributed by atoms with Crippen LogP contribution in [0.25, 0.3) is 0 Å². The summed E-state index contributed by atoms with van der Waals surface area (Å²) >= 11 is 1.23. The van der Waals surface area contributed by atoms with E-state index in [-0.39, 0.29) is 11.4 Å². The van der Waals surface area contributed by atoms with Crippen LogP contribution in [0.1, 0.15) is 34.5 Å². The third-order valence-corrected chi connectivity index (χ3v) is 5.44. The average molecular weight is 384 g/mol. The number of hydrogen-bond acceptors (Lipinski definition) is 4. The quantitative estimate of drug-likeness (QED) is 0.634. The molecule has 2 heterocycles. The minimum atomic E-state index is -0.258. The molecule has 0 bridgehead atoms. The third-order valence-electron chi connectivity index (χ3n) is 4.31. The SMILES string of the molecule is Cc1cc(C)n(C(c2ccccc2SC(=O)N(C)C)n2nc(C)cc2C)n1. The topological polar surface area (TPSA) is 56.0 Å². The van der Waals surface area contributed by atoms with Crippen molar-refractivity contribution < 1.29 is 4.79 Å². The molecule has 0 saturated carbocycles. The van der Waals surface area contributed by atoms with Crippen LogP contribution in [-0.4, -0.2) is 43.8 Å². The summed E-state index contributed by atoms with van der Waals surface area (Å²) in [5.74, 6) is 0. The predicted molar refractivity (Wildman–Crippen MR) is 108 cm³/mol. The molecule has 0 atom stereocenters. The fourth-order valence-corrected chi connectivity index (χ4v) is 3.94. The summed E-state index contributed by atoms with van der Waals surface area (Å²) in [7, 11) is 3.52. The normalized spacial score (nSPS) is 11.2. The standard InChI is InChI=1S/C20H25N5OS/c1-13-11-15(3)24(21-13)19(25-16(4)12-14(2)22-25)17-9-7-8-10-18(17)27-20(26)23(5)6/h7-12,19H,1-6H3. The van der Waals surface area contributed by atoms with Gasteiger partial charge >= 0.3 is 0 Å². The van der Waals surface area contributed by atoms with E-state index in [1.807, 2.05) is 61.3 Å².